The number of rotatable bonds is 4. The first kappa shape index (κ1) is 14.9. The lowest BCUT2D eigenvalue weighted by Crippen LogP contribution is -2.46. The average Bonchev–Trinajstić information content (AvgIpc) is 2.45. The Hall–Kier alpha value is -1.55. The number of halogens is 3. The summed E-state index contributed by atoms with van der Waals surface area (Å²) >= 11 is 0. The van der Waals surface area contributed by atoms with Crippen molar-refractivity contribution < 1.29 is 17.9 Å². The highest BCUT2D eigenvalue weighted by Crippen LogP contribution is 2.41. The van der Waals surface area contributed by atoms with Crippen LogP contribution in [0.25, 0.3) is 5.57 Å². The van der Waals surface area contributed by atoms with E-state index in [9.17, 15) is 13.2 Å². The second-order valence-electron chi connectivity index (χ2n) is 4.80. The molecule has 0 saturated heterocycles. The lowest BCUT2D eigenvalue weighted by molar-refractivity contribution is -0.256. The molecule has 108 valence electrons. The summed E-state index contributed by atoms with van der Waals surface area (Å²) in [6.45, 7) is 1.89. The van der Waals surface area contributed by atoms with Gasteiger partial charge in [0, 0.05) is 13.0 Å². The minimum atomic E-state index is -4.41. The average molecular weight is 282 g/mol. The van der Waals surface area contributed by atoms with E-state index in [1.54, 1.807) is 13.0 Å². The molecule has 0 aliphatic heterocycles. The molecule has 0 radical (unpaired) electrons. The van der Waals surface area contributed by atoms with Crippen molar-refractivity contribution in [1.29, 1.82) is 0 Å². The largest absolute Gasteiger partial charge is 0.421 e. The molecular formula is C16H17F3O. The van der Waals surface area contributed by atoms with Gasteiger partial charge in [0.2, 0.25) is 0 Å². The molecule has 0 fully saturated rings. The Balaban J connectivity index is 2.22. The zero-order valence-electron chi connectivity index (χ0n) is 11.3. The molecule has 1 atom stereocenters. The van der Waals surface area contributed by atoms with Gasteiger partial charge in [0.1, 0.15) is 0 Å². The van der Waals surface area contributed by atoms with E-state index in [-0.39, 0.29) is 13.0 Å². The molecule has 0 N–H and O–H groups in total. The first-order valence-corrected chi connectivity index (χ1v) is 6.64. The van der Waals surface area contributed by atoms with Crippen LogP contribution in [0.1, 0.15) is 25.3 Å². The zero-order valence-corrected chi connectivity index (χ0v) is 11.3. The van der Waals surface area contributed by atoms with E-state index < -0.39 is 11.8 Å². The fraction of sp³-hybridized carbons (Fsp3) is 0.375. The zero-order chi connectivity index (χ0) is 14.6. The summed E-state index contributed by atoms with van der Waals surface area (Å²) < 4.78 is 44.8. The maximum absolute atomic E-state index is 13.2. The molecule has 0 saturated carbocycles. The highest BCUT2D eigenvalue weighted by Gasteiger charge is 2.54. The van der Waals surface area contributed by atoms with Crippen LogP contribution in [0, 0.1) is 0 Å². The minimum Gasteiger partial charge on any atom is -0.361 e. The van der Waals surface area contributed by atoms with E-state index in [0.717, 1.165) is 17.2 Å². The molecule has 1 aliphatic carbocycles. The standard InChI is InChI=1S/C16H17F3O/c1-2-12-20-15(16(17,18)19)10-8-14(9-11-15)13-6-4-3-5-7-13/h3-10H,2,11-12H2,1H3. The Bertz CT molecular complexity index is 502. The first-order chi connectivity index (χ1) is 9.48. The van der Waals surface area contributed by atoms with Crippen LogP contribution in [0.5, 0.6) is 0 Å². The molecule has 1 aromatic rings. The summed E-state index contributed by atoms with van der Waals surface area (Å²) in [4.78, 5) is 0. The maximum Gasteiger partial charge on any atom is 0.421 e. The predicted octanol–water partition coefficient (Wildman–Crippen LogP) is 4.76. The van der Waals surface area contributed by atoms with Gasteiger partial charge >= 0.3 is 6.18 Å². The van der Waals surface area contributed by atoms with E-state index >= 15 is 0 Å². The van der Waals surface area contributed by atoms with Crippen molar-refractivity contribution in [3.05, 3.63) is 54.1 Å². The third-order valence-corrected chi connectivity index (χ3v) is 3.31. The summed E-state index contributed by atoms with van der Waals surface area (Å²) in [6, 6.07) is 9.36. The molecule has 2 rings (SSSR count). The van der Waals surface area contributed by atoms with Gasteiger partial charge in [-0.15, -0.1) is 0 Å². The Morgan fingerprint density at radius 1 is 1.20 bits per heavy atom. The number of ether oxygens (including phenoxy) is 1. The molecule has 0 amide bonds. The second kappa shape index (κ2) is 5.83. The van der Waals surface area contributed by atoms with Crippen LogP contribution in [-0.4, -0.2) is 18.4 Å². The Morgan fingerprint density at radius 3 is 2.40 bits per heavy atom. The summed E-state index contributed by atoms with van der Waals surface area (Å²) in [5.41, 5.74) is -0.470. The normalized spacial score (nSPS) is 22.7. The fourth-order valence-corrected chi connectivity index (χ4v) is 2.15. The van der Waals surface area contributed by atoms with Gasteiger partial charge in [0.05, 0.1) is 0 Å². The van der Waals surface area contributed by atoms with Crippen molar-refractivity contribution in [1.82, 2.24) is 0 Å². The van der Waals surface area contributed by atoms with Gasteiger partial charge in [-0.25, -0.2) is 0 Å². The van der Waals surface area contributed by atoms with Gasteiger partial charge in [-0.3, -0.25) is 0 Å². The second-order valence-corrected chi connectivity index (χ2v) is 4.80. The third-order valence-electron chi connectivity index (χ3n) is 3.31. The van der Waals surface area contributed by atoms with Crippen LogP contribution >= 0.6 is 0 Å². The molecule has 0 heterocycles. The lowest BCUT2D eigenvalue weighted by Gasteiger charge is -2.34. The van der Waals surface area contributed by atoms with Crippen LogP contribution in [0.2, 0.25) is 0 Å². The van der Waals surface area contributed by atoms with E-state index in [4.69, 9.17) is 4.74 Å². The molecule has 20 heavy (non-hydrogen) atoms. The van der Waals surface area contributed by atoms with E-state index in [1.807, 2.05) is 30.3 Å². The van der Waals surface area contributed by atoms with Crippen molar-refractivity contribution in [3.8, 4) is 0 Å². The number of hydrogen-bond donors (Lipinski definition) is 0. The Morgan fingerprint density at radius 2 is 1.90 bits per heavy atom. The van der Waals surface area contributed by atoms with Gasteiger partial charge in [-0.05, 0) is 23.6 Å². The monoisotopic (exact) mass is 282 g/mol. The van der Waals surface area contributed by atoms with Gasteiger partial charge in [0.15, 0.2) is 5.60 Å². The number of benzene rings is 1. The molecule has 0 spiro atoms. The van der Waals surface area contributed by atoms with Crippen molar-refractivity contribution in [3.63, 3.8) is 0 Å². The van der Waals surface area contributed by atoms with Crippen molar-refractivity contribution in [2.45, 2.75) is 31.5 Å². The SMILES string of the molecule is CCCOC1(C(F)(F)F)C=CC(c2ccccc2)=CC1. The molecule has 0 bridgehead atoms. The van der Waals surface area contributed by atoms with Crippen LogP contribution in [0.4, 0.5) is 13.2 Å². The molecule has 1 aliphatic rings. The van der Waals surface area contributed by atoms with Gasteiger partial charge < -0.3 is 4.74 Å². The van der Waals surface area contributed by atoms with Crippen molar-refractivity contribution >= 4 is 5.57 Å². The Kier molecular flexibility index (Phi) is 4.33. The molecular weight excluding hydrogens is 265 g/mol. The summed E-state index contributed by atoms with van der Waals surface area (Å²) in [7, 11) is 0. The van der Waals surface area contributed by atoms with Crippen LogP contribution in [0.15, 0.2) is 48.6 Å². The number of hydrogen-bond acceptors (Lipinski definition) is 1. The smallest absolute Gasteiger partial charge is 0.361 e. The van der Waals surface area contributed by atoms with Crippen molar-refractivity contribution in [2.75, 3.05) is 6.61 Å². The van der Waals surface area contributed by atoms with Gasteiger partial charge in [-0.1, -0.05) is 49.4 Å². The quantitative estimate of drug-likeness (QED) is 0.773. The molecule has 1 nitrogen and oxygen atoms in total. The number of allylic oxidation sites excluding steroid dienone is 2. The van der Waals surface area contributed by atoms with Gasteiger partial charge in [-0.2, -0.15) is 13.2 Å². The van der Waals surface area contributed by atoms with Crippen LogP contribution in [-0.2, 0) is 4.74 Å². The van der Waals surface area contributed by atoms with E-state index in [1.165, 1.54) is 6.08 Å². The molecule has 4 heteroatoms. The third kappa shape index (κ3) is 2.96. The van der Waals surface area contributed by atoms with Crippen LogP contribution in [0.3, 0.4) is 0 Å². The summed E-state index contributed by atoms with van der Waals surface area (Å²) in [5.74, 6) is 0. The lowest BCUT2D eigenvalue weighted by atomic mass is 9.88. The highest BCUT2D eigenvalue weighted by molar-refractivity contribution is 5.75. The minimum absolute atomic E-state index is 0.0956. The number of alkyl halides is 3. The fourth-order valence-electron chi connectivity index (χ4n) is 2.15. The summed E-state index contributed by atoms with van der Waals surface area (Å²) in [5, 5.41) is 0. The first-order valence-electron chi connectivity index (χ1n) is 6.64. The van der Waals surface area contributed by atoms with E-state index in [2.05, 4.69) is 0 Å². The molecule has 0 aromatic heterocycles. The highest BCUT2D eigenvalue weighted by atomic mass is 19.4. The maximum atomic E-state index is 13.2. The summed E-state index contributed by atoms with van der Waals surface area (Å²) in [6.07, 6.45) is 0.209. The van der Waals surface area contributed by atoms with Crippen molar-refractivity contribution in [2.24, 2.45) is 0 Å². The van der Waals surface area contributed by atoms with Gasteiger partial charge in [0.25, 0.3) is 0 Å². The van der Waals surface area contributed by atoms with E-state index in [0.29, 0.717) is 6.42 Å². The Labute approximate surface area is 116 Å². The predicted molar refractivity (Wildman–Crippen MR) is 73.2 cm³/mol. The molecule has 1 unspecified atom stereocenters. The topological polar surface area (TPSA) is 9.23 Å². The van der Waals surface area contributed by atoms with Crippen LogP contribution < -0.4 is 0 Å². The molecule has 1 aromatic carbocycles.